The van der Waals surface area contributed by atoms with E-state index in [1.807, 2.05) is 0 Å². The minimum absolute atomic E-state index is 0.0527. The molecule has 0 aromatic carbocycles. The molecular weight excluding hydrogens is 222 g/mol. The predicted octanol–water partition coefficient (Wildman–Crippen LogP) is 2.23. The van der Waals surface area contributed by atoms with Crippen LogP contribution in [0.1, 0.15) is 47.5 Å². The lowest BCUT2D eigenvalue weighted by molar-refractivity contribution is 0.329. The lowest BCUT2D eigenvalue weighted by atomic mass is 9.90. The minimum Gasteiger partial charge on any atom is -0.316 e. The number of hydrogen-bond donors (Lipinski definition) is 1. The van der Waals surface area contributed by atoms with E-state index in [1.54, 1.807) is 13.8 Å². The minimum atomic E-state index is -2.89. The van der Waals surface area contributed by atoms with Gasteiger partial charge in [-0.3, -0.25) is 0 Å². The van der Waals surface area contributed by atoms with E-state index in [9.17, 15) is 8.42 Å². The highest BCUT2D eigenvalue weighted by Crippen LogP contribution is 2.21. The second-order valence-electron chi connectivity index (χ2n) is 5.51. The van der Waals surface area contributed by atoms with Crippen molar-refractivity contribution in [3.05, 3.63) is 0 Å². The van der Waals surface area contributed by atoms with Crippen LogP contribution in [0, 0.1) is 5.41 Å². The Kier molecular flexibility index (Phi) is 6.56. The summed E-state index contributed by atoms with van der Waals surface area (Å²) in [6.45, 7) is 11.7. The molecule has 0 fully saturated rings. The van der Waals surface area contributed by atoms with Gasteiger partial charge in [0.15, 0.2) is 9.84 Å². The van der Waals surface area contributed by atoms with Crippen molar-refractivity contribution in [3.8, 4) is 0 Å². The van der Waals surface area contributed by atoms with Crippen molar-refractivity contribution in [2.75, 3.05) is 18.8 Å². The van der Waals surface area contributed by atoms with Crippen LogP contribution in [0.3, 0.4) is 0 Å². The monoisotopic (exact) mass is 249 g/mol. The topological polar surface area (TPSA) is 46.2 Å². The van der Waals surface area contributed by atoms with Crippen LogP contribution in [0.2, 0.25) is 0 Å². The first-order valence-corrected chi connectivity index (χ1v) is 7.85. The lowest BCUT2D eigenvalue weighted by Gasteiger charge is -2.25. The first kappa shape index (κ1) is 15.9. The van der Waals surface area contributed by atoms with Crippen molar-refractivity contribution >= 4 is 9.84 Å². The van der Waals surface area contributed by atoms with Gasteiger partial charge in [0.2, 0.25) is 0 Å². The average Bonchev–Trinajstić information content (AvgIpc) is 2.15. The molecule has 0 rings (SSSR count). The summed E-state index contributed by atoms with van der Waals surface area (Å²) in [5.74, 6) is 0.297. The predicted molar refractivity (Wildman–Crippen MR) is 70.5 cm³/mol. The summed E-state index contributed by atoms with van der Waals surface area (Å²) in [5.41, 5.74) is 0.0527. The molecule has 0 amide bonds. The molecule has 1 N–H and O–H groups in total. The molecule has 0 aromatic rings. The van der Waals surface area contributed by atoms with Gasteiger partial charge in [-0.05, 0) is 38.6 Å². The number of nitrogens with one attached hydrogen (secondary N) is 1. The molecule has 0 aliphatic carbocycles. The normalized spacial score (nSPS) is 13.4. The van der Waals surface area contributed by atoms with Crippen LogP contribution < -0.4 is 5.32 Å². The fourth-order valence-corrected chi connectivity index (χ4v) is 2.65. The van der Waals surface area contributed by atoms with Crippen molar-refractivity contribution in [1.29, 1.82) is 0 Å². The van der Waals surface area contributed by atoms with Crippen molar-refractivity contribution in [3.63, 3.8) is 0 Å². The van der Waals surface area contributed by atoms with Crippen molar-refractivity contribution < 1.29 is 8.42 Å². The Morgan fingerprint density at radius 1 is 1.25 bits per heavy atom. The molecule has 0 spiro atoms. The van der Waals surface area contributed by atoms with Crippen LogP contribution in [0.25, 0.3) is 0 Å². The van der Waals surface area contributed by atoms with E-state index in [4.69, 9.17) is 0 Å². The molecule has 0 atom stereocenters. The second kappa shape index (κ2) is 6.60. The highest BCUT2D eigenvalue weighted by Gasteiger charge is 2.23. The Bertz CT molecular complexity index is 281. The molecule has 0 saturated carbocycles. The van der Waals surface area contributed by atoms with E-state index in [0.29, 0.717) is 5.75 Å². The Morgan fingerprint density at radius 3 is 2.25 bits per heavy atom. The zero-order valence-corrected chi connectivity index (χ0v) is 12.2. The van der Waals surface area contributed by atoms with Gasteiger partial charge in [-0.15, -0.1) is 0 Å². The van der Waals surface area contributed by atoms with Gasteiger partial charge >= 0.3 is 0 Å². The molecule has 0 aromatic heterocycles. The third-order valence-corrected chi connectivity index (χ3v) is 5.02. The van der Waals surface area contributed by atoms with Crippen LogP contribution in [0.5, 0.6) is 0 Å². The molecule has 16 heavy (non-hydrogen) atoms. The smallest absolute Gasteiger partial charge is 0.152 e. The van der Waals surface area contributed by atoms with Gasteiger partial charge in [0.25, 0.3) is 0 Å². The Morgan fingerprint density at radius 2 is 1.81 bits per heavy atom. The van der Waals surface area contributed by atoms with Crippen LogP contribution in [0.4, 0.5) is 0 Å². The molecule has 0 heterocycles. The summed E-state index contributed by atoms with van der Waals surface area (Å²) in [6.07, 6.45) is 1.84. The highest BCUT2D eigenvalue weighted by atomic mass is 32.2. The van der Waals surface area contributed by atoms with Gasteiger partial charge in [-0.25, -0.2) is 8.42 Å². The van der Waals surface area contributed by atoms with E-state index >= 15 is 0 Å². The maximum absolute atomic E-state index is 11.7. The van der Waals surface area contributed by atoms with E-state index in [-0.39, 0.29) is 10.7 Å². The van der Waals surface area contributed by atoms with Crippen LogP contribution in [0.15, 0.2) is 0 Å². The summed E-state index contributed by atoms with van der Waals surface area (Å²) in [6, 6.07) is 0. The van der Waals surface area contributed by atoms with Gasteiger partial charge in [-0.2, -0.15) is 0 Å². The molecule has 4 heteroatoms. The maximum Gasteiger partial charge on any atom is 0.152 e. The molecule has 0 bridgehead atoms. The summed E-state index contributed by atoms with van der Waals surface area (Å²) < 4.78 is 23.4. The summed E-state index contributed by atoms with van der Waals surface area (Å²) >= 11 is 0. The molecule has 98 valence electrons. The highest BCUT2D eigenvalue weighted by molar-refractivity contribution is 7.91. The SMILES string of the molecule is CCCNCC(C)(C)CCS(=O)(=O)C(C)C. The van der Waals surface area contributed by atoms with Gasteiger partial charge in [0.1, 0.15) is 0 Å². The summed E-state index contributed by atoms with van der Waals surface area (Å²) in [7, 11) is -2.89. The summed E-state index contributed by atoms with van der Waals surface area (Å²) in [5, 5.41) is 3.09. The third-order valence-electron chi connectivity index (χ3n) is 2.81. The fraction of sp³-hybridized carbons (Fsp3) is 1.00. The van der Waals surface area contributed by atoms with E-state index in [1.165, 1.54) is 0 Å². The largest absolute Gasteiger partial charge is 0.316 e. The fourth-order valence-electron chi connectivity index (χ4n) is 1.35. The summed E-state index contributed by atoms with van der Waals surface area (Å²) in [4.78, 5) is 0. The van der Waals surface area contributed by atoms with E-state index < -0.39 is 9.84 Å². The molecule has 0 aliphatic heterocycles. The molecule has 0 saturated heterocycles. The van der Waals surface area contributed by atoms with Gasteiger partial charge < -0.3 is 5.32 Å². The van der Waals surface area contributed by atoms with Gasteiger partial charge in [0.05, 0.1) is 11.0 Å². The van der Waals surface area contributed by atoms with Crippen molar-refractivity contribution in [1.82, 2.24) is 5.32 Å². The molecule has 0 radical (unpaired) electrons. The van der Waals surface area contributed by atoms with Crippen LogP contribution >= 0.6 is 0 Å². The Labute approximate surface area is 101 Å². The molecular formula is C12H27NO2S. The maximum atomic E-state index is 11.7. The van der Waals surface area contributed by atoms with Crippen LogP contribution in [-0.2, 0) is 9.84 Å². The Hall–Kier alpha value is -0.0900. The first-order chi connectivity index (χ1) is 7.21. The van der Waals surface area contributed by atoms with Gasteiger partial charge in [-0.1, -0.05) is 20.8 Å². The number of sulfone groups is 1. The van der Waals surface area contributed by atoms with Crippen molar-refractivity contribution in [2.45, 2.75) is 52.7 Å². The molecule has 3 nitrogen and oxygen atoms in total. The molecule has 0 aliphatic rings. The lowest BCUT2D eigenvalue weighted by Crippen LogP contribution is -2.32. The number of rotatable bonds is 8. The average molecular weight is 249 g/mol. The second-order valence-corrected chi connectivity index (χ2v) is 8.18. The Balaban J connectivity index is 4.08. The first-order valence-electron chi connectivity index (χ1n) is 6.13. The third kappa shape index (κ3) is 6.48. The van der Waals surface area contributed by atoms with Gasteiger partial charge in [0, 0.05) is 6.54 Å². The van der Waals surface area contributed by atoms with Crippen LogP contribution in [-0.4, -0.2) is 32.5 Å². The standard InChI is InChI=1S/C12H27NO2S/c1-6-8-13-10-12(4,5)7-9-16(14,15)11(2)3/h11,13H,6-10H2,1-5H3. The van der Waals surface area contributed by atoms with E-state index in [2.05, 4.69) is 26.1 Å². The molecule has 0 unspecified atom stereocenters. The van der Waals surface area contributed by atoms with Crippen molar-refractivity contribution in [2.24, 2.45) is 5.41 Å². The zero-order chi connectivity index (χ0) is 12.8. The van der Waals surface area contributed by atoms with E-state index in [0.717, 1.165) is 25.9 Å². The quantitative estimate of drug-likeness (QED) is 0.671. The number of hydrogen-bond acceptors (Lipinski definition) is 3. The zero-order valence-electron chi connectivity index (χ0n) is 11.3.